The van der Waals surface area contributed by atoms with Gasteiger partial charge in [-0.15, -0.1) is 0 Å². The number of amides is 2. The first kappa shape index (κ1) is 16.7. The zero-order valence-corrected chi connectivity index (χ0v) is 12.3. The van der Waals surface area contributed by atoms with E-state index in [0.29, 0.717) is 5.69 Å². The Morgan fingerprint density at radius 1 is 1.08 bits per heavy atom. The molecule has 0 aliphatic rings. The summed E-state index contributed by atoms with van der Waals surface area (Å²) >= 11 is 0. The van der Waals surface area contributed by atoms with Crippen molar-refractivity contribution in [3.8, 4) is 5.75 Å². The molecule has 0 aliphatic heterocycles. The van der Waals surface area contributed by atoms with Gasteiger partial charge in [-0.1, -0.05) is 12.1 Å². The van der Waals surface area contributed by atoms with Crippen LogP contribution in [0.3, 0.4) is 0 Å². The van der Waals surface area contributed by atoms with Gasteiger partial charge >= 0.3 is 12.2 Å². The third-order valence-corrected chi connectivity index (χ3v) is 2.90. The molecule has 0 radical (unpaired) electrons. The number of carbonyl (C=O) groups is 2. The Bertz CT molecular complexity index is 743. The van der Waals surface area contributed by atoms with Crippen molar-refractivity contribution in [2.24, 2.45) is 0 Å². The number of nitro benzene ring substituents is 1. The molecule has 24 heavy (non-hydrogen) atoms. The molecule has 0 saturated carbocycles. The van der Waals surface area contributed by atoms with Crippen LogP contribution in [0.4, 0.5) is 21.0 Å². The second-order valence-corrected chi connectivity index (χ2v) is 4.62. The van der Waals surface area contributed by atoms with Gasteiger partial charge in [0.25, 0.3) is 5.69 Å². The maximum absolute atomic E-state index is 11.7. The molecule has 3 N–H and O–H groups in total. The third kappa shape index (κ3) is 4.98. The van der Waals surface area contributed by atoms with E-state index in [1.807, 2.05) is 0 Å². The highest BCUT2D eigenvalue weighted by Crippen LogP contribution is 2.18. The Morgan fingerprint density at radius 2 is 1.71 bits per heavy atom. The van der Waals surface area contributed by atoms with Gasteiger partial charge in [0.2, 0.25) is 0 Å². The SMILES string of the molecule is O=C(O)NCc1ccc(NC(=O)Oc2ccc([N+](=O)[O-])cc2)cc1. The first-order valence-corrected chi connectivity index (χ1v) is 6.73. The van der Waals surface area contributed by atoms with Crippen molar-refractivity contribution in [1.82, 2.24) is 5.32 Å². The lowest BCUT2D eigenvalue weighted by Crippen LogP contribution is -2.20. The Morgan fingerprint density at radius 3 is 2.25 bits per heavy atom. The smallest absolute Gasteiger partial charge is 0.417 e. The molecule has 2 aromatic rings. The molecule has 2 rings (SSSR count). The molecular formula is C15H13N3O6. The lowest BCUT2D eigenvalue weighted by molar-refractivity contribution is -0.384. The van der Waals surface area contributed by atoms with E-state index in [-0.39, 0.29) is 18.0 Å². The van der Waals surface area contributed by atoms with E-state index < -0.39 is 17.1 Å². The highest BCUT2D eigenvalue weighted by atomic mass is 16.6. The molecule has 124 valence electrons. The van der Waals surface area contributed by atoms with E-state index in [1.54, 1.807) is 24.3 Å². The Kier molecular flexibility index (Phi) is 5.29. The summed E-state index contributed by atoms with van der Waals surface area (Å²) in [5, 5.41) is 23.8. The minimum Gasteiger partial charge on any atom is -0.465 e. The van der Waals surface area contributed by atoms with Gasteiger partial charge in [0.05, 0.1) is 4.92 Å². The number of non-ortho nitro benzene ring substituents is 1. The van der Waals surface area contributed by atoms with Gasteiger partial charge in [-0.3, -0.25) is 15.4 Å². The lowest BCUT2D eigenvalue weighted by Gasteiger charge is -2.07. The number of hydrogen-bond donors (Lipinski definition) is 3. The maximum Gasteiger partial charge on any atom is 0.417 e. The van der Waals surface area contributed by atoms with Crippen LogP contribution in [0.2, 0.25) is 0 Å². The van der Waals surface area contributed by atoms with E-state index in [9.17, 15) is 19.7 Å². The molecule has 0 heterocycles. The predicted molar refractivity (Wildman–Crippen MR) is 84.0 cm³/mol. The van der Waals surface area contributed by atoms with E-state index in [1.165, 1.54) is 24.3 Å². The van der Waals surface area contributed by atoms with Gasteiger partial charge in [-0.2, -0.15) is 0 Å². The van der Waals surface area contributed by atoms with E-state index in [0.717, 1.165) is 5.56 Å². The second kappa shape index (κ2) is 7.58. The zero-order valence-electron chi connectivity index (χ0n) is 12.3. The molecule has 9 nitrogen and oxygen atoms in total. The van der Waals surface area contributed by atoms with Gasteiger partial charge in [-0.25, -0.2) is 9.59 Å². The number of anilines is 1. The van der Waals surface area contributed by atoms with Crippen molar-refractivity contribution in [2.75, 3.05) is 5.32 Å². The standard InChI is InChI=1S/C15H13N3O6/c19-14(20)16-9-10-1-3-11(4-2-10)17-15(21)24-13-7-5-12(6-8-13)18(22)23/h1-8,16H,9H2,(H,17,21)(H,19,20). The number of hydrogen-bond acceptors (Lipinski definition) is 5. The number of nitro groups is 1. The highest BCUT2D eigenvalue weighted by Gasteiger charge is 2.08. The van der Waals surface area contributed by atoms with Crippen LogP contribution in [0, 0.1) is 10.1 Å². The van der Waals surface area contributed by atoms with Crippen LogP contribution in [0.15, 0.2) is 48.5 Å². The van der Waals surface area contributed by atoms with Gasteiger partial charge in [0.15, 0.2) is 0 Å². The zero-order chi connectivity index (χ0) is 17.5. The monoisotopic (exact) mass is 331 g/mol. The van der Waals surface area contributed by atoms with Crippen LogP contribution in [0.1, 0.15) is 5.56 Å². The van der Waals surface area contributed by atoms with Gasteiger partial charge in [0, 0.05) is 24.4 Å². The lowest BCUT2D eigenvalue weighted by atomic mass is 10.2. The molecule has 0 unspecified atom stereocenters. The van der Waals surface area contributed by atoms with Crippen molar-refractivity contribution >= 4 is 23.6 Å². The topological polar surface area (TPSA) is 131 Å². The normalized spacial score (nSPS) is 9.83. The summed E-state index contributed by atoms with van der Waals surface area (Å²) in [5.41, 5.74) is 1.08. The number of benzene rings is 2. The largest absolute Gasteiger partial charge is 0.465 e. The summed E-state index contributed by atoms with van der Waals surface area (Å²) in [4.78, 5) is 32.1. The number of nitrogens with one attached hydrogen (secondary N) is 2. The summed E-state index contributed by atoms with van der Waals surface area (Å²) in [7, 11) is 0. The third-order valence-electron chi connectivity index (χ3n) is 2.90. The fourth-order valence-electron chi connectivity index (χ4n) is 1.77. The summed E-state index contributed by atoms with van der Waals surface area (Å²) < 4.78 is 5.00. The average molecular weight is 331 g/mol. The molecule has 0 saturated heterocycles. The number of rotatable bonds is 5. The number of ether oxygens (including phenoxy) is 1. The Hall–Kier alpha value is -3.62. The van der Waals surface area contributed by atoms with E-state index in [4.69, 9.17) is 9.84 Å². The highest BCUT2D eigenvalue weighted by molar-refractivity contribution is 5.86. The number of nitrogens with zero attached hydrogens (tertiary/aromatic N) is 1. The minimum atomic E-state index is -1.12. The number of carbonyl (C=O) groups excluding carboxylic acids is 1. The number of carboxylic acid groups (broad SMARTS) is 1. The van der Waals surface area contributed by atoms with Crippen molar-refractivity contribution in [3.05, 3.63) is 64.2 Å². The van der Waals surface area contributed by atoms with Crippen molar-refractivity contribution in [3.63, 3.8) is 0 Å². The first-order valence-electron chi connectivity index (χ1n) is 6.73. The molecule has 0 atom stereocenters. The minimum absolute atomic E-state index is 0.103. The van der Waals surface area contributed by atoms with Crippen molar-refractivity contribution in [2.45, 2.75) is 6.54 Å². The molecule has 0 bridgehead atoms. The average Bonchev–Trinajstić information content (AvgIpc) is 2.54. The van der Waals surface area contributed by atoms with Crippen LogP contribution in [-0.4, -0.2) is 22.2 Å². The van der Waals surface area contributed by atoms with Crippen LogP contribution >= 0.6 is 0 Å². The fourth-order valence-corrected chi connectivity index (χ4v) is 1.77. The predicted octanol–water partition coefficient (Wildman–Crippen LogP) is 2.97. The quantitative estimate of drug-likeness (QED) is 0.570. The van der Waals surface area contributed by atoms with Crippen LogP contribution in [0.5, 0.6) is 5.75 Å². The maximum atomic E-state index is 11.7. The van der Waals surface area contributed by atoms with E-state index >= 15 is 0 Å². The second-order valence-electron chi connectivity index (χ2n) is 4.62. The molecular weight excluding hydrogens is 318 g/mol. The summed E-state index contributed by atoms with van der Waals surface area (Å²) in [6.07, 6.45) is -1.87. The fraction of sp³-hybridized carbons (Fsp3) is 0.0667. The van der Waals surface area contributed by atoms with E-state index in [2.05, 4.69) is 10.6 Å². The first-order chi connectivity index (χ1) is 11.4. The van der Waals surface area contributed by atoms with Crippen LogP contribution < -0.4 is 15.4 Å². The van der Waals surface area contributed by atoms with Crippen LogP contribution in [-0.2, 0) is 6.54 Å². The summed E-state index contributed by atoms with van der Waals surface area (Å²) in [6, 6.07) is 11.6. The molecule has 0 fully saturated rings. The van der Waals surface area contributed by atoms with Gasteiger partial charge < -0.3 is 15.2 Å². The van der Waals surface area contributed by atoms with Gasteiger partial charge in [-0.05, 0) is 29.8 Å². The summed E-state index contributed by atoms with van der Waals surface area (Å²) in [6.45, 7) is 0.156. The molecule has 2 aromatic carbocycles. The molecule has 0 aromatic heterocycles. The molecule has 0 aliphatic carbocycles. The molecule has 0 spiro atoms. The Labute approximate surface area is 136 Å². The molecule has 2 amide bonds. The van der Waals surface area contributed by atoms with Crippen molar-refractivity contribution < 1.29 is 24.4 Å². The van der Waals surface area contributed by atoms with Crippen LogP contribution in [0.25, 0.3) is 0 Å². The molecule has 9 heteroatoms. The van der Waals surface area contributed by atoms with Crippen molar-refractivity contribution in [1.29, 1.82) is 0 Å². The Balaban J connectivity index is 1.89. The summed E-state index contributed by atoms with van der Waals surface area (Å²) in [5.74, 6) is 0.167. The van der Waals surface area contributed by atoms with Gasteiger partial charge in [0.1, 0.15) is 5.75 Å².